The van der Waals surface area contributed by atoms with E-state index >= 15 is 0 Å². The lowest BCUT2D eigenvalue weighted by Gasteiger charge is -2.45. The summed E-state index contributed by atoms with van der Waals surface area (Å²) >= 11 is 1.85. The molecule has 1 aromatic rings. The summed E-state index contributed by atoms with van der Waals surface area (Å²) < 4.78 is 46.0. The molecule has 34 heavy (non-hydrogen) atoms. The van der Waals surface area contributed by atoms with Crippen LogP contribution in [0.5, 0.6) is 0 Å². The van der Waals surface area contributed by atoms with Crippen molar-refractivity contribution in [2.75, 3.05) is 49.1 Å². The summed E-state index contributed by atoms with van der Waals surface area (Å²) in [6, 6.07) is 4.26. The SMILES string of the molecule is CC(C)(C)OC(=O)N1CCC2(CCCN2Cc2ccc(C(F)(F)F)cc2N2CCSCC2)CC1. The summed E-state index contributed by atoms with van der Waals surface area (Å²) in [5.74, 6) is 1.87. The second-order valence-corrected chi connectivity index (χ2v) is 11.9. The van der Waals surface area contributed by atoms with E-state index in [-0.39, 0.29) is 11.6 Å². The second-order valence-electron chi connectivity index (χ2n) is 10.7. The highest BCUT2D eigenvalue weighted by molar-refractivity contribution is 7.99. The van der Waals surface area contributed by atoms with Crippen molar-refractivity contribution >= 4 is 23.5 Å². The fourth-order valence-electron chi connectivity index (χ4n) is 5.42. The zero-order chi connectivity index (χ0) is 24.6. The number of benzene rings is 1. The highest BCUT2D eigenvalue weighted by Gasteiger charge is 2.44. The summed E-state index contributed by atoms with van der Waals surface area (Å²) in [4.78, 5) is 18.9. The Kier molecular flexibility index (Phi) is 7.34. The van der Waals surface area contributed by atoms with Gasteiger partial charge in [0.25, 0.3) is 0 Å². The van der Waals surface area contributed by atoms with Crippen LogP contribution in [0, 0.1) is 0 Å². The third-order valence-electron chi connectivity index (χ3n) is 7.21. The Hall–Kier alpha value is -1.61. The van der Waals surface area contributed by atoms with E-state index in [0.717, 1.165) is 68.1 Å². The first-order valence-corrected chi connectivity index (χ1v) is 13.4. The lowest BCUT2D eigenvalue weighted by Crippen LogP contribution is -2.53. The van der Waals surface area contributed by atoms with Crippen molar-refractivity contribution in [3.05, 3.63) is 29.3 Å². The number of likely N-dealkylation sites (tertiary alicyclic amines) is 2. The number of rotatable bonds is 3. The Bertz CT molecular complexity index is 873. The molecule has 3 heterocycles. The minimum atomic E-state index is -4.35. The molecule has 0 aromatic heterocycles. The molecular formula is C25H36F3N3O2S. The summed E-state index contributed by atoms with van der Waals surface area (Å²) in [6.45, 7) is 10.0. The van der Waals surface area contributed by atoms with Gasteiger partial charge in [-0.2, -0.15) is 24.9 Å². The molecule has 0 atom stereocenters. The number of alkyl halides is 3. The number of anilines is 1. The number of carbonyl (C=O) groups is 1. The molecule has 1 amide bonds. The molecule has 5 nitrogen and oxygen atoms in total. The predicted octanol–water partition coefficient (Wildman–Crippen LogP) is 5.62. The van der Waals surface area contributed by atoms with E-state index in [1.54, 1.807) is 11.0 Å². The average Bonchev–Trinajstić information content (AvgIpc) is 3.14. The highest BCUT2D eigenvalue weighted by Crippen LogP contribution is 2.41. The number of nitrogens with zero attached hydrogens (tertiary/aromatic N) is 3. The fourth-order valence-corrected chi connectivity index (χ4v) is 6.32. The van der Waals surface area contributed by atoms with Gasteiger partial charge in [0.2, 0.25) is 0 Å². The zero-order valence-electron chi connectivity index (χ0n) is 20.4. The number of carbonyl (C=O) groups excluding carboxylic acids is 1. The maximum atomic E-state index is 13.5. The van der Waals surface area contributed by atoms with Crippen LogP contribution in [-0.2, 0) is 17.5 Å². The smallest absolute Gasteiger partial charge is 0.416 e. The number of hydrogen-bond acceptors (Lipinski definition) is 5. The second kappa shape index (κ2) is 9.80. The van der Waals surface area contributed by atoms with Gasteiger partial charge in [0.15, 0.2) is 0 Å². The van der Waals surface area contributed by atoms with Gasteiger partial charge in [0.1, 0.15) is 5.60 Å². The third-order valence-corrected chi connectivity index (χ3v) is 8.15. The molecule has 3 fully saturated rings. The van der Waals surface area contributed by atoms with Gasteiger partial charge in [-0.3, -0.25) is 4.90 Å². The monoisotopic (exact) mass is 499 g/mol. The Labute approximate surface area is 205 Å². The van der Waals surface area contributed by atoms with Crippen molar-refractivity contribution in [3.63, 3.8) is 0 Å². The van der Waals surface area contributed by atoms with Crippen molar-refractivity contribution in [3.8, 4) is 0 Å². The lowest BCUT2D eigenvalue weighted by atomic mass is 9.84. The van der Waals surface area contributed by atoms with Gasteiger partial charge in [0, 0.05) is 55.5 Å². The van der Waals surface area contributed by atoms with Crippen LogP contribution >= 0.6 is 11.8 Å². The third kappa shape index (κ3) is 5.78. The normalized spacial score (nSPS) is 21.8. The number of thioether (sulfide) groups is 1. The highest BCUT2D eigenvalue weighted by atomic mass is 32.2. The van der Waals surface area contributed by atoms with E-state index in [9.17, 15) is 18.0 Å². The summed E-state index contributed by atoms with van der Waals surface area (Å²) in [6.07, 6.45) is -0.750. The first-order chi connectivity index (χ1) is 16.0. The van der Waals surface area contributed by atoms with Crippen molar-refractivity contribution in [1.29, 1.82) is 0 Å². The van der Waals surface area contributed by atoms with Crippen LogP contribution in [0.25, 0.3) is 0 Å². The van der Waals surface area contributed by atoms with E-state index in [1.165, 1.54) is 12.1 Å². The van der Waals surface area contributed by atoms with Crippen LogP contribution in [0.2, 0.25) is 0 Å². The van der Waals surface area contributed by atoms with Gasteiger partial charge in [0.05, 0.1) is 5.56 Å². The number of ether oxygens (including phenoxy) is 1. The van der Waals surface area contributed by atoms with Crippen LogP contribution in [-0.4, -0.2) is 71.3 Å². The van der Waals surface area contributed by atoms with E-state index < -0.39 is 17.3 Å². The molecule has 3 aliphatic heterocycles. The molecule has 0 aliphatic carbocycles. The quantitative estimate of drug-likeness (QED) is 0.539. The van der Waals surface area contributed by atoms with Crippen LogP contribution in [0.3, 0.4) is 0 Å². The van der Waals surface area contributed by atoms with E-state index in [4.69, 9.17) is 4.74 Å². The van der Waals surface area contributed by atoms with E-state index in [1.807, 2.05) is 32.5 Å². The molecule has 3 aliphatic rings. The standard InChI is InChI=1S/C25H36F3N3O2S/c1-23(2,3)33-22(32)30-11-8-24(9-12-30)7-4-10-31(24)18-19-5-6-20(25(26,27)28)17-21(19)29-13-15-34-16-14-29/h5-6,17H,4,7-16,18H2,1-3H3. The number of hydrogen-bond donors (Lipinski definition) is 0. The minimum Gasteiger partial charge on any atom is -0.444 e. The maximum Gasteiger partial charge on any atom is 0.416 e. The summed E-state index contributed by atoms with van der Waals surface area (Å²) in [5.41, 5.74) is 0.596. The topological polar surface area (TPSA) is 36.0 Å². The zero-order valence-corrected chi connectivity index (χ0v) is 21.2. The van der Waals surface area contributed by atoms with Gasteiger partial charge in [-0.25, -0.2) is 4.79 Å². The number of amides is 1. The van der Waals surface area contributed by atoms with Crippen molar-refractivity contribution < 1.29 is 22.7 Å². The Morgan fingerprint density at radius 2 is 1.71 bits per heavy atom. The lowest BCUT2D eigenvalue weighted by molar-refractivity contribution is -0.137. The minimum absolute atomic E-state index is 0.00374. The fraction of sp³-hybridized carbons (Fsp3) is 0.720. The van der Waals surface area contributed by atoms with Crippen molar-refractivity contribution in [2.24, 2.45) is 0 Å². The Balaban J connectivity index is 1.50. The molecule has 1 spiro atoms. The molecule has 0 bridgehead atoms. The average molecular weight is 500 g/mol. The molecule has 1 aromatic carbocycles. The number of halogens is 3. The van der Waals surface area contributed by atoms with Gasteiger partial charge >= 0.3 is 12.3 Å². The molecule has 4 rings (SSSR count). The molecule has 0 unspecified atom stereocenters. The number of piperidine rings is 1. The Morgan fingerprint density at radius 1 is 1.03 bits per heavy atom. The molecule has 3 saturated heterocycles. The molecule has 190 valence electrons. The Morgan fingerprint density at radius 3 is 2.32 bits per heavy atom. The van der Waals surface area contributed by atoms with E-state index in [2.05, 4.69) is 9.80 Å². The van der Waals surface area contributed by atoms with Gasteiger partial charge in [-0.15, -0.1) is 0 Å². The van der Waals surface area contributed by atoms with Gasteiger partial charge in [-0.05, 0) is 70.7 Å². The summed E-state index contributed by atoms with van der Waals surface area (Å²) in [5, 5.41) is 0. The molecule has 0 N–H and O–H groups in total. The molecular weight excluding hydrogens is 463 g/mol. The molecule has 0 saturated carbocycles. The maximum absolute atomic E-state index is 13.5. The van der Waals surface area contributed by atoms with Crippen LogP contribution in [0.15, 0.2) is 18.2 Å². The predicted molar refractivity (Wildman–Crippen MR) is 130 cm³/mol. The molecule has 9 heteroatoms. The first-order valence-electron chi connectivity index (χ1n) is 12.2. The van der Waals surface area contributed by atoms with Crippen LogP contribution in [0.1, 0.15) is 57.6 Å². The molecule has 0 radical (unpaired) electrons. The largest absolute Gasteiger partial charge is 0.444 e. The van der Waals surface area contributed by atoms with Gasteiger partial charge in [-0.1, -0.05) is 6.07 Å². The summed E-state index contributed by atoms with van der Waals surface area (Å²) in [7, 11) is 0. The van der Waals surface area contributed by atoms with Crippen LogP contribution in [0.4, 0.5) is 23.7 Å². The van der Waals surface area contributed by atoms with Gasteiger partial charge < -0.3 is 14.5 Å². The van der Waals surface area contributed by atoms with Crippen molar-refractivity contribution in [2.45, 2.75) is 70.3 Å². The first kappa shape index (κ1) is 25.5. The van der Waals surface area contributed by atoms with E-state index in [0.29, 0.717) is 19.6 Å². The van der Waals surface area contributed by atoms with Crippen LogP contribution < -0.4 is 4.90 Å². The van der Waals surface area contributed by atoms with Crippen molar-refractivity contribution in [1.82, 2.24) is 9.80 Å².